The van der Waals surface area contributed by atoms with Crippen LogP contribution in [0.15, 0.2) is 0 Å². The molecule has 0 saturated heterocycles. The Morgan fingerprint density at radius 1 is 0.595 bits per heavy atom. The average molecular weight is 663 g/mol. The third-order valence-corrected chi connectivity index (χ3v) is 5.32. The Bertz CT molecular complexity index is 961. The summed E-state index contributed by atoms with van der Waals surface area (Å²) in [4.78, 5) is 21.7. The summed E-state index contributed by atoms with van der Waals surface area (Å²) < 4.78 is 232. The van der Waals surface area contributed by atoms with E-state index in [1.54, 1.807) is 0 Å². The number of hydrazine groups is 1. The van der Waals surface area contributed by atoms with Crippen LogP contribution in [-0.2, 0) is 4.74 Å². The second kappa shape index (κ2) is 11.8. The van der Waals surface area contributed by atoms with Crippen molar-refractivity contribution in [3.05, 3.63) is 0 Å². The Kier molecular flexibility index (Phi) is 11.1. The van der Waals surface area contributed by atoms with Crippen LogP contribution in [-0.4, -0.2) is 65.9 Å². The van der Waals surface area contributed by atoms with Crippen molar-refractivity contribution in [3.8, 4) is 0 Å². The minimum absolute atomic E-state index is 0.163. The highest BCUT2D eigenvalue weighted by molar-refractivity contribution is 5.71. The molecule has 42 heavy (non-hydrogen) atoms. The summed E-state index contributed by atoms with van der Waals surface area (Å²) in [6, 6.07) is 0. The van der Waals surface area contributed by atoms with Crippen molar-refractivity contribution in [2.24, 2.45) is 5.41 Å². The molecule has 0 radical (unpaired) electrons. The van der Waals surface area contributed by atoms with E-state index in [1.165, 1.54) is 26.2 Å². The van der Waals surface area contributed by atoms with E-state index in [4.69, 9.17) is 0 Å². The van der Waals surface area contributed by atoms with Gasteiger partial charge in [0.15, 0.2) is 6.09 Å². The minimum atomic E-state index is -8.73. The van der Waals surface area contributed by atoms with Crippen LogP contribution in [0.3, 0.4) is 0 Å². The predicted molar refractivity (Wildman–Crippen MR) is 101 cm³/mol. The number of carboxylic acid groups (broad SMARTS) is 1. The number of hydrogen-bond acceptors (Lipinski definition) is 4. The monoisotopic (exact) mass is 663 g/mol. The van der Waals surface area contributed by atoms with Crippen LogP contribution in [0.2, 0.25) is 0 Å². The van der Waals surface area contributed by atoms with Crippen molar-refractivity contribution in [1.82, 2.24) is 10.9 Å². The number of nitrogens with one attached hydrogen (secondary N) is 2. The molecule has 0 bridgehead atoms. The van der Waals surface area contributed by atoms with Gasteiger partial charge in [-0.1, -0.05) is 20.8 Å². The van der Waals surface area contributed by atoms with Crippen LogP contribution >= 0.6 is 0 Å². The van der Waals surface area contributed by atoms with E-state index < -0.39 is 90.6 Å². The molecule has 0 aliphatic rings. The summed E-state index contributed by atoms with van der Waals surface area (Å²) in [5, 5.41) is 10.2. The first kappa shape index (κ1) is 39.4. The fourth-order valence-corrected chi connectivity index (χ4v) is 2.83. The van der Waals surface area contributed by atoms with Crippen LogP contribution in [0.4, 0.5) is 84.2 Å². The highest BCUT2D eigenvalue weighted by atomic mass is 19.4. The first-order valence-electron chi connectivity index (χ1n) is 10.8. The third kappa shape index (κ3) is 7.46. The zero-order valence-corrected chi connectivity index (χ0v) is 21.0. The molecule has 23 heteroatoms. The fourth-order valence-electron chi connectivity index (χ4n) is 2.83. The van der Waals surface area contributed by atoms with E-state index in [9.17, 15) is 89.3 Å². The zero-order chi connectivity index (χ0) is 34.2. The maximum atomic E-state index is 14.2. The van der Waals surface area contributed by atoms with Gasteiger partial charge in [0.2, 0.25) is 0 Å². The summed E-state index contributed by atoms with van der Waals surface area (Å²) >= 11 is 0. The van der Waals surface area contributed by atoms with Gasteiger partial charge < -0.3 is 14.6 Å². The van der Waals surface area contributed by atoms with E-state index in [-0.39, 0.29) is 6.42 Å². The molecule has 0 fully saturated rings. The highest BCUT2D eigenvalue weighted by Crippen LogP contribution is 2.64. The lowest BCUT2D eigenvalue weighted by molar-refractivity contribution is -0.461. The van der Waals surface area contributed by atoms with Crippen LogP contribution in [0.1, 0.15) is 46.5 Å². The van der Waals surface area contributed by atoms with Crippen LogP contribution in [0, 0.1) is 5.41 Å². The molecule has 0 aliphatic heterocycles. The zero-order valence-electron chi connectivity index (χ0n) is 21.0. The van der Waals surface area contributed by atoms with Crippen molar-refractivity contribution >= 4 is 12.2 Å². The molecule has 0 heterocycles. The topological polar surface area (TPSA) is 90.5 Å². The molecule has 0 aliphatic carbocycles. The maximum absolute atomic E-state index is 14.2. The Morgan fingerprint density at radius 3 is 1.31 bits per heavy atom. The predicted octanol–water partition coefficient (Wildman–Crippen LogP) is 6.55. The van der Waals surface area contributed by atoms with Gasteiger partial charge >= 0.3 is 53.7 Å². The smallest absolute Gasteiger partial charge is 0.460 e. The van der Waals surface area contributed by atoms with Crippen molar-refractivity contribution in [1.29, 1.82) is 0 Å². The van der Waals surface area contributed by atoms with E-state index in [0.717, 1.165) is 5.43 Å². The molecule has 0 spiro atoms. The van der Waals surface area contributed by atoms with Crippen LogP contribution in [0.25, 0.3) is 0 Å². The molecule has 0 aromatic rings. The van der Waals surface area contributed by atoms with Gasteiger partial charge in [0.05, 0.1) is 0 Å². The highest BCUT2D eigenvalue weighted by Gasteiger charge is 2.95. The number of hydrogen-bond donors (Lipinski definition) is 2. The number of alkyl halides is 17. The minimum Gasteiger partial charge on any atom is -0.529 e. The molecule has 1 unspecified atom stereocenters. The van der Waals surface area contributed by atoms with Crippen molar-refractivity contribution in [2.75, 3.05) is 0 Å². The van der Waals surface area contributed by atoms with E-state index >= 15 is 0 Å². The summed E-state index contributed by atoms with van der Waals surface area (Å²) in [5.41, 5.74) is 1.52. The van der Waals surface area contributed by atoms with Gasteiger partial charge in [-0.3, -0.25) is 5.43 Å². The van der Waals surface area contributed by atoms with Gasteiger partial charge in [0.1, 0.15) is 6.10 Å². The SMILES string of the molecule is CC(C)(C)CCC(CCC(F)(F)C(F)(F)C(F)(F)C(F)(F)C(F)(F)C(F)(F)C(F)(F)C(F)(F)F)OC(=O)NNC(=O)[O-]. The van der Waals surface area contributed by atoms with E-state index in [2.05, 4.69) is 4.74 Å². The Morgan fingerprint density at radius 2 is 0.952 bits per heavy atom. The Hall–Kier alpha value is -2.65. The lowest BCUT2D eigenvalue weighted by atomic mass is 9.86. The fraction of sp³-hybridized carbons (Fsp3) is 0.895. The lowest BCUT2D eigenvalue weighted by Gasteiger charge is -2.43. The van der Waals surface area contributed by atoms with Gasteiger partial charge in [-0.2, -0.15) is 74.6 Å². The second-order valence-electron chi connectivity index (χ2n) is 9.85. The number of rotatable bonds is 12. The largest absolute Gasteiger partial charge is 0.529 e. The number of carbonyl (C=O) groups is 2. The van der Waals surface area contributed by atoms with Crippen molar-refractivity contribution < 1.29 is 94.1 Å². The molecule has 250 valence electrons. The van der Waals surface area contributed by atoms with Gasteiger partial charge in [-0.05, 0) is 24.7 Å². The van der Waals surface area contributed by atoms with E-state index in [0.29, 0.717) is 0 Å². The van der Waals surface area contributed by atoms with Gasteiger partial charge in [-0.15, -0.1) is 0 Å². The van der Waals surface area contributed by atoms with Gasteiger partial charge in [0.25, 0.3) is 0 Å². The van der Waals surface area contributed by atoms with Crippen LogP contribution < -0.4 is 16.0 Å². The molecule has 0 aromatic heterocycles. The summed E-state index contributed by atoms with van der Waals surface area (Å²) in [6.07, 6.45) is -19.3. The Labute approximate surface area is 223 Å². The molecule has 2 amide bonds. The first-order valence-corrected chi connectivity index (χ1v) is 10.8. The number of amides is 2. The molecule has 2 N–H and O–H groups in total. The summed E-state index contributed by atoms with van der Waals surface area (Å²) in [5.74, 6) is -57.2. The average Bonchev–Trinajstić information content (AvgIpc) is 2.77. The Balaban J connectivity index is 6.37. The first-order chi connectivity index (χ1) is 18.1. The standard InChI is InChI=1S/C19H21F17N2O4/c1-11(2,3)6-4-8(42-10(41)38-37-9(39)40)5-7-12(20,21)13(22,23)14(24,25)15(26,27)16(28,29)17(30,31)18(32,33)19(34,35)36/h8,37H,4-7H2,1-3H3,(H,38,41)(H,39,40)/p-1. The van der Waals surface area contributed by atoms with Crippen molar-refractivity contribution in [2.45, 2.75) is 100 Å². The molecule has 0 saturated carbocycles. The van der Waals surface area contributed by atoms with Gasteiger partial charge in [-0.25, -0.2) is 10.2 Å². The maximum Gasteiger partial charge on any atom is 0.460 e. The summed E-state index contributed by atoms with van der Waals surface area (Å²) in [6.45, 7) is 4.39. The van der Waals surface area contributed by atoms with Gasteiger partial charge in [0, 0.05) is 6.42 Å². The second-order valence-corrected chi connectivity index (χ2v) is 9.85. The molecular weight excluding hydrogens is 643 g/mol. The number of carbonyl (C=O) groups excluding carboxylic acids is 2. The molecular formula is C19H20F17N2O4-. The molecule has 6 nitrogen and oxygen atoms in total. The third-order valence-electron chi connectivity index (χ3n) is 5.32. The van der Waals surface area contributed by atoms with Crippen molar-refractivity contribution in [3.63, 3.8) is 0 Å². The molecule has 0 rings (SSSR count). The molecule has 0 aromatic carbocycles. The number of halogens is 17. The quantitative estimate of drug-likeness (QED) is 0.183. The summed E-state index contributed by atoms with van der Waals surface area (Å²) in [7, 11) is 0. The lowest BCUT2D eigenvalue weighted by Crippen LogP contribution is -2.74. The van der Waals surface area contributed by atoms with Crippen LogP contribution in [0.5, 0.6) is 0 Å². The van der Waals surface area contributed by atoms with E-state index in [1.807, 2.05) is 0 Å². The molecule has 1 atom stereocenters. The normalized spacial score (nSPS) is 15.7. The number of ether oxygens (including phenoxy) is 1.